The summed E-state index contributed by atoms with van der Waals surface area (Å²) < 4.78 is 5.95. The highest BCUT2D eigenvalue weighted by atomic mass is 35.5. The molecule has 0 bridgehead atoms. The average molecular weight is 458 g/mol. The second-order valence-corrected chi connectivity index (χ2v) is 9.15. The van der Waals surface area contributed by atoms with E-state index in [0.717, 1.165) is 37.8 Å². The first-order chi connectivity index (χ1) is 15.5. The number of hydrogen-bond acceptors (Lipinski definition) is 4. The minimum atomic E-state index is 0.168. The lowest BCUT2D eigenvalue weighted by molar-refractivity contribution is -0.132. The minimum Gasteiger partial charge on any atom is -0.456 e. The van der Waals surface area contributed by atoms with E-state index in [9.17, 15) is 4.79 Å². The molecule has 0 radical (unpaired) electrons. The van der Waals surface area contributed by atoms with Crippen molar-refractivity contribution in [3.63, 3.8) is 0 Å². The number of ether oxygens (including phenoxy) is 1. The van der Waals surface area contributed by atoms with E-state index in [-0.39, 0.29) is 11.9 Å². The molecule has 0 saturated heterocycles. The number of carbonyl (C=O) groups is 1. The van der Waals surface area contributed by atoms with Gasteiger partial charge in [-0.25, -0.2) is 0 Å². The molecule has 1 aliphatic carbocycles. The van der Waals surface area contributed by atoms with Gasteiger partial charge in [0, 0.05) is 31.6 Å². The minimum absolute atomic E-state index is 0.168. The first kappa shape index (κ1) is 24.2. The Morgan fingerprint density at radius 1 is 1.19 bits per heavy atom. The highest BCUT2D eigenvalue weighted by Gasteiger charge is 2.22. The second kappa shape index (κ2) is 12.0. The lowest BCUT2D eigenvalue weighted by Crippen LogP contribution is -2.38. The van der Waals surface area contributed by atoms with E-state index in [1.54, 1.807) is 6.07 Å². The van der Waals surface area contributed by atoms with Crippen LogP contribution in [-0.4, -0.2) is 29.9 Å². The van der Waals surface area contributed by atoms with E-state index in [0.29, 0.717) is 34.7 Å². The number of benzene rings is 2. The molecule has 2 aromatic carbocycles. The van der Waals surface area contributed by atoms with Crippen molar-refractivity contribution in [1.82, 2.24) is 4.90 Å². The first-order valence-electron chi connectivity index (χ1n) is 11.8. The molecular formula is C26H36ClN3O2. The van der Waals surface area contributed by atoms with E-state index in [1.165, 1.54) is 19.3 Å². The van der Waals surface area contributed by atoms with Crippen LogP contribution in [0.4, 0.5) is 11.4 Å². The second-order valence-electron chi connectivity index (χ2n) is 8.75. The number of carbonyl (C=O) groups excluding carboxylic acids is 1. The summed E-state index contributed by atoms with van der Waals surface area (Å²) in [6.07, 6.45) is 9.33. The lowest BCUT2D eigenvalue weighted by atomic mass is 9.94. The number of nitrogens with two attached hydrogens (primary N) is 1. The highest BCUT2D eigenvalue weighted by Crippen LogP contribution is 2.33. The largest absolute Gasteiger partial charge is 0.456 e. The number of nitrogen functional groups attached to an aromatic ring is 1. The zero-order valence-electron chi connectivity index (χ0n) is 19.3. The molecule has 3 rings (SSSR count). The van der Waals surface area contributed by atoms with E-state index < -0.39 is 0 Å². The fourth-order valence-corrected chi connectivity index (χ4v) is 4.56. The fraction of sp³-hybridized carbons (Fsp3) is 0.500. The Labute approximate surface area is 197 Å². The van der Waals surface area contributed by atoms with Gasteiger partial charge in [0.15, 0.2) is 0 Å². The van der Waals surface area contributed by atoms with Crippen LogP contribution in [0.1, 0.15) is 64.7 Å². The topological polar surface area (TPSA) is 67.6 Å². The van der Waals surface area contributed by atoms with Crippen LogP contribution in [0.2, 0.25) is 5.02 Å². The van der Waals surface area contributed by atoms with Crippen LogP contribution in [-0.2, 0) is 4.79 Å². The van der Waals surface area contributed by atoms with Crippen LogP contribution in [0.5, 0.6) is 11.5 Å². The third-order valence-electron chi connectivity index (χ3n) is 6.31. The van der Waals surface area contributed by atoms with Crippen LogP contribution in [0, 0.1) is 0 Å². The van der Waals surface area contributed by atoms with Gasteiger partial charge >= 0.3 is 0 Å². The number of halogens is 1. The van der Waals surface area contributed by atoms with Crippen LogP contribution in [0.25, 0.3) is 0 Å². The highest BCUT2D eigenvalue weighted by molar-refractivity contribution is 6.32. The number of hydrogen-bond donors (Lipinski definition) is 2. The van der Waals surface area contributed by atoms with Crippen LogP contribution >= 0.6 is 11.6 Å². The van der Waals surface area contributed by atoms with Crippen molar-refractivity contribution >= 4 is 28.9 Å². The van der Waals surface area contributed by atoms with Crippen LogP contribution in [0.15, 0.2) is 42.5 Å². The van der Waals surface area contributed by atoms with Gasteiger partial charge in [-0.3, -0.25) is 4.79 Å². The molecule has 0 heterocycles. The van der Waals surface area contributed by atoms with E-state index >= 15 is 0 Å². The molecule has 1 saturated carbocycles. The average Bonchev–Trinajstić information content (AvgIpc) is 2.81. The molecule has 1 amide bonds. The summed E-state index contributed by atoms with van der Waals surface area (Å²) in [7, 11) is 1.97. The monoisotopic (exact) mass is 457 g/mol. The maximum absolute atomic E-state index is 12.8. The first-order valence-corrected chi connectivity index (χ1v) is 12.2. The van der Waals surface area contributed by atoms with E-state index in [2.05, 4.69) is 12.2 Å². The molecule has 1 unspecified atom stereocenters. The predicted molar refractivity (Wildman–Crippen MR) is 134 cm³/mol. The number of amides is 1. The van der Waals surface area contributed by atoms with E-state index in [4.69, 9.17) is 22.1 Å². The van der Waals surface area contributed by atoms with Gasteiger partial charge in [0.25, 0.3) is 0 Å². The molecule has 2 aromatic rings. The quantitative estimate of drug-likeness (QED) is 0.382. The van der Waals surface area contributed by atoms with Gasteiger partial charge in [-0.15, -0.1) is 0 Å². The number of nitrogens with one attached hydrogen (secondary N) is 1. The summed E-state index contributed by atoms with van der Waals surface area (Å²) in [5.74, 6) is 1.51. The maximum Gasteiger partial charge on any atom is 0.222 e. The van der Waals surface area contributed by atoms with E-state index in [1.807, 2.05) is 48.3 Å². The Morgan fingerprint density at radius 3 is 2.66 bits per heavy atom. The van der Waals surface area contributed by atoms with Gasteiger partial charge in [0.1, 0.15) is 11.5 Å². The number of anilines is 2. The maximum atomic E-state index is 12.8. The predicted octanol–water partition coefficient (Wildman–Crippen LogP) is 6.87. The van der Waals surface area contributed by atoms with Gasteiger partial charge in [-0.2, -0.15) is 0 Å². The molecule has 6 heteroatoms. The van der Waals surface area contributed by atoms with Crippen molar-refractivity contribution in [2.75, 3.05) is 18.1 Å². The third-order valence-corrected chi connectivity index (χ3v) is 6.62. The molecule has 1 atom stereocenters. The zero-order chi connectivity index (χ0) is 22.9. The summed E-state index contributed by atoms with van der Waals surface area (Å²) in [6, 6.07) is 13.5. The Morgan fingerprint density at radius 2 is 1.94 bits per heavy atom. The summed E-state index contributed by atoms with van der Waals surface area (Å²) in [5, 5.41) is 4.11. The Hall–Kier alpha value is -2.40. The molecule has 0 aliphatic heterocycles. The zero-order valence-corrected chi connectivity index (χ0v) is 20.0. The van der Waals surface area contributed by atoms with Crippen molar-refractivity contribution in [3.8, 4) is 11.5 Å². The standard InChI is InChI=1S/C26H36ClN3O2/c1-3-9-19(14-17-26(31)30(2)20-10-5-4-6-11-20)29-24-18-21(15-16-23(24)28)32-25-13-8-7-12-22(25)27/h7-8,12-13,15-16,18-20,29H,3-6,9-11,14,17,28H2,1-2H3. The molecule has 32 heavy (non-hydrogen) atoms. The number of rotatable bonds is 10. The van der Waals surface area contributed by atoms with Crippen molar-refractivity contribution in [2.45, 2.75) is 76.8 Å². The van der Waals surface area contributed by atoms with Crippen LogP contribution < -0.4 is 15.8 Å². The molecule has 174 valence electrons. The smallest absolute Gasteiger partial charge is 0.222 e. The molecule has 1 aliphatic rings. The van der Waals surface area contributed by atoms with Crippen molar-refractivity contribution < 1.29 is 9.53 Å². The molecule has 0 aromatic heterocycles. The summed E-state index contributed by atoms with van der Waals surface area (Å²) >= 11 is 6.22. The van der Waals surface area contributed by atoms with Crippen molar-refractivity contribution in [1.29, 1.82) is 0 Å². The fourth-order valence-electron chi connectivity index (χ4n) is 4.38. The van der Waals surface area contributed by atoms with Gasteiger partial charge in [0.2, 0.25) is 5.91 Å². The Kier molecular flexibility index (Phi) is 9.10. The van der Waals surface area contributed by atoms with Gasteiger partial charge < -0.3 is 20.7 Å². The Balaban J connectivity index is 1.62. The number of para-hydroxylation sites is 1. The van der Waals surface area contributed by atoms with Crippen LogP contribution in [0.3, 0.4) is 0 Å². The molecule has 5 nitrogen and oxygen atoms in total. The molecule has 0 spiro atoms. The summed E-state index contributed by atoms with van der Waals surface area (Å²) in [5.41, 5.74) is 7.72. The van der Waals surface area contributed by atoms with Gasteiger partial charge in [-0.05, 0) is 49.9 Å². The molecular weight excluding hydrogens is 422 g/mol. The van der Waals surface area contributed by atoms with Crippen molar-refractivity contribution in [2.24, 2.45) is 0 Å². The molecule has 1 fully saturated rings. The SMILES string of the molecule is CCCC(CCC(=O)N(C)C1CCCCC1)Nc1cc(Oc2ccccc2Cl)ccc1N. The van der Waals surface area contributed by atoms with Gasteiger partial charge in [-0.1, -0.05) is 56.3 Å². The third kappa shape index (κ3) is 6.80. The van der Waals surface area contributed by atoms with Crippen molar-refractivity contribution in [3.05, 3.63) is 47.5 Å². The lowest BCUT2D eigenvalue weighted by Gasteiger charge is -2.32. The number of nitrogens with zero attached hydrogens (tertiary/aromatic N) is 1. The summed E-state index contributed by atoms with van der Waals surface area (Å²) in [4.78, 5) is 14.8. The van der Waals surface area contributed by atoms with Gasteiger partial charge in [0.05, 0.1) is 16.4 Å². The molecule has 3 N–H and O–H groups in total. The Bertz CT molecular complexity index is 883. The summed E-state index contributed by atoms with van der Waals surface area (Å²) in [6.45, 7) is 2.16. The normalized spacial score (nSPS) is 15.2.